The summed E-state index contributed by atoms with van der Waals surface area (Å²) < 4.78 is 5.83. The van der Waals surface area contributed by atoms with Crippen molar-refractivity contribution < 1.29 is 4.74 Å². The smallest absolute Gasteiger partial charge is 0.121 e. The highest BCUT2D eigenvalue weighted by Crippen LogP contribution is 2.32. The summed E-state index contributed by atoms with van der Waals surface area (Å²) in [6.45, 7) is 9.84. The molecule has 0 bridgehead atoms. The van der Waals surface area contributed by atoms with Crippen molar-refractivity contribution in [3.63, 3.8) is 0 Å². The maximum Gasteiger partial charge on any atom is 0.121 e. The number of anilines is 1. The Labute approximate surface area is 130 Å². The number of rotatable bonds is 6. The molecule has 2 nitrogen and oxygen atoms in total. The van der Waals surface area contributed by atoms with E-state index >= 15 is 0 Å². The Morgan fingerprint density at radius 2 is 1.90 bits per heavy atom. The topological polar surface area (TPSA) is 21.3 Å². The maximum absolute atomic E-state index is 5.83. The van der Waals surface area contributed by atoms with E-state index in [2.05, 4.69) is 51.2 Å². The molecule has 2 heteroatoms. The van der Waals surface area contributed by atoms with Crippen molar-refractivity contribution in [3.8, 4) is 5.75 Å². The number of benzene rings is 1. The highest BCUT2D eigenvalue weighted by molar-refractivity contribution is 5.49. The highest BCUT2D eigenvalue weighted by atomic mass is 16.5. The van der Waals surface area contributed by atoms with Crippen LogP contribution in [-0.2, 0) is 0 Å². The van der Waals surface area contributed by atoms with E-state index in [0.29, 0.717) is 12.0 Å². The Morgan fingerprint density at radius 1 is 1.14 bits per heavy atom. The van der Waals surface area contributed by atoms with Crippen LogP contribution in [0.5, 0.6) is 5.75 Å². The van der Waals surface area contributed by atoms with Gasteiger partial charge in [0, 0.05) is 17.8 Å². The van der Waals surface area contributed by atoms with Gasteiger partial charge in [-0.05, 0) is 42.7 Å². The molecule has 0 radical (unpaired) electrons. The molecule has 118 valence electrons. The van der Waals surface area contributed by atoms with Crippen LogP contribution >= 0.6 is 0 Å². The monoisotopic (exact) mass is 289 g/mol. The van der Waals surface area contributed by atoms with Crippen LogP contribution in [-0.4, -0.2) is 12.6 Å². The van der Waals surface area contributed by atoms with E-state index in [1.807, 2.05) is 6.07 Å². The molecule has 1 aromatic carbocycles. The van der Waals surface area contributed by atoms with Crippen molar-refractivity contribution in [1.29, 1.82) is 0 Å². The second-order valence-electron chi connectivity index (χ2n) is 7.18. The lowest BCUT2D eigenvalue weighted by Gasteiger charge is -2.35. The molecule has 2 unspecified atom stereocenters. The molecule has 1 aliphatic carbocycles. The molecule has 2 atom stereocenters. The van der Waals surface area contributed by atoms with Crippen molar-refractivity contribution in [2.24, 2.45) is 17.8 Å². The Morgan fingerprint density at radius 3 is 2.62 bits per heavy atom. The SMILES string of the molecule is CC(C)COc1cccc(NC2CCCCC2C(C)C)c1. The van der Waals surface area contributed by atoms with Gasteiger partial charge in [0.1, 0.15) is 5.75 Å². The van der Waals surface area contributed by atoms with Gasteiger partial charge in [0.2, 0.25) is 0 Å². The molecular formula is C19H31NO. The molecule has 0 aliphatic heterocycles. The molecule has 0 saturated heterocycles. The molecule has 1 aromatic rings. The summed E-state index contributed by atoms with van der Waals surface area (Å²) in [7, 11) is 0. The molecule has 1 aliphatic rings. The molecule has 0 heterocycles. The van der Waals surface area contributed by atoms with Gasteiger partial charge in [0.15, 0.2) is 0 Å². The Balaban J connectivity index is 1.99. The van der Waals surface area contributed by atoms with E-state index in [1.165, 1.54) is 31.4 Å². The Bertz CT molecular complexity index is 427. The van der Waals surface area contributed by atoms with Gasteiger partial charge in [0.05, 0.1) is 6.61 Å². The van der Waals surface area contributed by atoms with E-state index in [9.17, 15) is 0 Å². The first-order valence-corrected chi connectivity index (χ1v) is 8.55. The number of ether oxygens (including phenoxy) is 1. The summed E-state index contributed by atoms with van der Waals surface area (Å²) in [5, 5.41) is 3.76. The Kier molecular flexibility index (Phi) is 5.96. The lowest BCUT2D eigenvalue weighted by Crippen LogP contribution is -2.35. The predicted molar refractivity (Wildman–Crippen MR) is 91.0 cm³/mol. The fraction of sp³-hybridized carbons (Fsp3) is 0.684. The van der Waals surface area contributed by atoms with Crippen LogP contribution in [0.1, 0.15) is 53.4 Å². The second-order valence-corrected chi connectivity index (χ2v) is 7.18. The van der Waals surface area contributed by atoms with Crippen LogP contribution in [0.25, 0.3) is 0 Å². The second kappa shape index (κ2) is 7.72. The van der Waals surface area contributed by atoms with Crippen LogP contribution < -0.4 is 10.1 Å². The summed E-state index contributed by atoms with van der Waals surface area (Å²) in [6.07, 6.45) is 5.39. The van der Waals surface area contributed by atoms with E-state index in [4.69, 9.17) is 4.74 Å². The van der Waals surface area contributed by atoms with Crippen LogP contribution in [0.3, 0.4) is 0 Å². The third-order valence-electron chi connectivity index (χ3n) is 4.45. The predicted octanol–water partition coefficient (Wildman–Crippen LogP) is 5.35. The lowest BCUT2D eigenvalue weighted by molar-refractivity contribution is 0.253. The molecule has 1 saturated carbocycles. The standard InChI is InChI=1S/C19H31NO/c1-14(2)13-21-17-9-7-8-16(12-17)20-19-11-6-5-10-18(19)15(3)4/h7-9,12,14-15,18-20H,5-6,10-11,13H2,1-4H3. The van der Waals surface area contributed by atoms with Gasteiger partial charge in [-0.15, -0.1) is 0 Å². The fourth-order valence-corrected chi connectivity index (χ4v) is 3.29. The van der Waals surface area contributed by atoms with Crippen molar-refractivity contribution in [1.82, 2.24) is 0 Å². The minimum Gasteiger partial charge on any atom is -0.493 e. The number of nitrogens with one attached hydrogen (secondary N) is 1. The van der Waals surface area contributed by atoms with E-state index in [0.717, 1.165) is 24.2 Å². The molecule has 1 fully saturated rings. The van der Waals surface area contributed by atoms with Gasteiger partial charge in [-0.25, -0.2) is 0 Å². The zero-order valence-corrected chi connectivity index (χ0v) is 14.1. The summed E-state index contributed by atoms with van der Waals surface area (Å²) in [4.78, 5) is 0. The largest absolute Gasteiger partial charge is 0.493 e. The number of hydrogen-bond donors (Lipinski definition) is 1. The Hall–Kier alpha value is -1.18. The van der Waals surface area contributed by atoms with Crippen LogP contribution in [0, 0.1) is 17.8 Å². The maximum atomic E-state index is 5.83. The first kappa shape index (κ1) is 16.2. The number of hydrogen-bond acceptors (Lipinski definition) is 2. The third-order valence-corrected chi connectivity index (χ3v) is 4.45. The third kappa shape index (κ3) is 4.94. The van der Waals surface area contributed by atoms with Crippen LogP contribution in [0.4, 0.5) is 5.69 Å². The molecule has 0 aromatic heterocycles. The normalized spacial score (nSPS) is 22.6. The van der Waals surface area contributed by atoms with Crippen molar-refractivity contribution in [3.05, 3.63) is 24.3 Å². The fourth-order valence-electron chi connectivity index (χ4n) is 3.29. The van der Waals surface area contributed by atoms with E-state index in [1.54, 1.807) is 0 Å². The van der Waals surface area contributed by atoms with E-state index in [-0.39, 0.29) is 0 Å². The minimum atomic E-state index is 0.560. The first-order chi connectivity index (χ1) is 10.1. The average Bonchev–Trinajstić information content (AvgIpc) is 2.46. The van der Waals surface area contributed by atoms with Crippen LogP contribution in [0.2, 0.25) is 0 Å². The molecule has 2 rings (SSSR count). The summed E-state index contributed by atoms with van der Waals surface area (Å²) in [5.41, 5.74) is 1.20. The molecule has 0 amide bonds. The van der Waals surface area contributed by atoms with E-state index < -0.39 is 0 Å². The zero-order chi connectivity index (χ0) is 15.2. The van der Waals surface area contributed by atoms with Gasteiger partial charge in [-0.3, -0.25) is 0 Å². The van der Waals surface area contributed by atoms with Gasteiger partial charge < -0.3 is 10.1 Å². The first-order valence-electron chi connectivity index (χ1n) is 8.55. The summed E-state index contributed by atoms with van der Waals surface area (Å²) >= 11 is 0. The van der Waals surface area contributed by atoms with Crippen molar-refractivity contribution in [2.75, 3.05) is 11.9 Å². The van der Waals surface area contributed by atoms with Crippen molar-refractivity contribution >= 4 is 5.69 Å². The van der Waals surface area contributed by atoms with Crippen molar-refractivity contribution in [2.45, 2.75) is 59.4 Å². The van der Waals surface area contributed by atoms with Gasteiger partial charge in [0.25, 0.3) is 0 Å². The molecule has 21 heavy (non-hydrogen) atoms. The molecule has 0 spiro atoms. The highest BCUT2D eigenvalue weighted by Gasteiger charge is 2.27. The molecule has 1 N–H and O–H groups in total. The molecular weight excluding hydrogens is 258 g/mol. The zero-order valence-electron chi connectivity index (χ0n) is 14.1. The lowest BCUT2D eigenvalue weighted by atomic mass is 9.78. The van der Waals surface area contributed by atoms with Gasteiger partial charge in [-0.1, -0.05) is 46.6 Å². The van der Waals surface area contributed by atoms with Crippen LogP contribution in [0.15, 0.2) is 24.3 Å². The summed E-state index contributed by atoms with van der Waals surface area (Å²) in [6, 6.07) is 9.06. The van der Waals surface area contributed by atoms with Gasteiger partial charge in [-0.2, -0.15) is 0 Å². The summed E-state index contributed by atoms with van der Waals surface area (Å²) in [5.74, 6) is 3.08. The minimum absolute atomic E-state index is 0.560. The quantitative estimate of drug-likeness (QED) is 0.762. The van der Waals surface area contributed by atoms with Gasteiger partial charge >= 0.3 is 0 Å². The average molecular weight is 289 g/mol.